The maximum Gasteiger partial charge on any atom is 0.218 e. The van der Waals surface area contributed by atoms with Gasteiger partial charge in [0.05, 0.1) is 6.10 Å². The molecule has 19 heavy (non-hydrogen) atoms. The van der Waals surface area contributed by atoms with Crippen molar-refractivity contribution < 1.29 is 9.53 Å². The summed E-state index contributed by atoms with van der Waals surface area (Å²) >= 11 is 0. The van der Waals surface area contributed by atoms with Crippen LogP contribution in [0, 0.1) is 5.92 Å². The van der Waals surface area contributed by atoms with Crippen molar-refractivity contribution in [2.45, 2.75) is 44.6 Å². The standard InChI is InChI=1S/C16H23NO2/c1-12(2)14-10-16(8-9-19-14,11-15(17)18)13-6-4-3-5-7-13/h3-7,12,14H,8-11H2,1-2H3,(H2,17,18)/t14-,16+/m0/s1. The number of hydrogen-bond acceptors (Lipinski definition) is 2. The Hall–Kier alpha value is -1.35. The number of primary amides is 1. The van der Waals surface area contributed by atoms with Gasteiger partial charge in [0, 0.05) is 18.4 Å². The van der Waals surface area contributed by atoms with Crippen LogP contribution in [0.15, 0.2) is 30.3 Å². The van der Waals surface area contributed by atoms with Gasteiger partial charge in [-0.3, -0.25) is 4.79 Å². The lowest BCUT2D eigenvalue weighted by atomic mass is 9.68. The van der Waals surface area contributed by atoms with Crippen LogP contribution in [0.2, 0.25) is 0 Å². The summed E-state index contributed by atoms with van der Waals surface area (Å²) in [6.45, 7) is 5.02. The van der Waals surface area contributed by atoms with Gasteiger partial charge < -0.3 is 10.5 Å². The summed E-state index contributed by atoms with van der Waals surface area (Å²) in [6, 6.07) is 10.3. The Morgan fingerprint density at radius 3 is 2.68 bits per heavy atom. The van der Waals surface area contributed by atoms with Crippen molar-refractivity contribution in [2.24, 2.45) is 11.7 Å². The summed E-state index contributed by atoms with van der Waals surface area (Å²) in [6.07, 6.45) is 2.35. The van der Waals surface area contributed by atoms with Crippen molar-refractivity contribution in [3.05, 3.63) is 35.9 Å². The Balaban J connectivity index is 2.32. The highest BCUT2D eigenvalue weighted by Gasteiger charge is 2.40. The minimum Gasteiger partial charge on any atom is -0.378 e. The number of nitrogens with two attached hydrogens (primary N) is 1. The summed E-state index contributed by atoms with van der Waals surface area (Å²) in [5.41, 5.74) is 6.55. The lowest BCUT2D eigenvalue weighted by Gasteiger charge is -2.42. The summed E-state index contributed by atoms with van der Waals surface area (Å²) < 4.78 is 5.85. The van der Waals surface area contributed by atoms with Crippen LogP contribution in [0.1, 0.15) is 38.7 Å². The number of carbonyl (C=O) groups is 1. The SMILES string of the molecule is CC(C)[C@@H]1C[C@](CC(N)=O)(c2ccccc2)CCO1. The van der Waals surface area contributed by atoms with E-state index in [1.54, 1.807) is 0 Å². The van der Waals surface area contributed by atoms with Gasteiger partial charge in [-0.2, -0.15) is 0 Å². The zero-order valence-corrected chi connectivity index (χ0v) is 11.8. The second-order valence-corrected chi connectivity index (χ2v) is 5.90. The molecule has 104 valence electrons. The Kier molecular flexibility index (Phi) is 4.25. The lowest BCUT2D eigenvalue weighted by molar-refractivity contribution is -0.121. The molecule has 1 heterocycles. The molecule has 0 spiro atoms. The van der Waals surface area contributed by atoms with E-state index in [0.717, 1.165) is 12.8 Å². The topological polar surface area (TPSA) is 52.3 Å². The molecule has 1 saturated heterocycles. The van der Waals surface area contributed by atoms with Crippen LogP contribution >= 0.6 is 0 Å². The zero-order chi connectivity index (χ0) is 13.9. The van der Waals surface area contributed by atoms with Crippen LogP contribution in [0.4, 0.5) is 0 Å². The lowest BCUT2D eigenvalue weighted by Crippen LogP contribution is -2.43. The molecule has 0 unspecified atom stereocenters. The van der Waals surface area contributed by atoms with Crippen LogP contribution in [0.5, 0.6) is 0 Å². The molecule has 0 aliphatic carbocycles. The first-order valence-corrected chi connectivity index (χ1v) is 6.99. The van der Waals surface area contributed by atoms with Crippen LogP contribution in [-0.2, 0) is 14.9 Å². The van der Waals surface area contributed by atoms with Crippen molar-refractivity contribution in [3.8, 4) is 0 Å². The van der Waals surface area contributed by atoms with E-state index in [2.05, 4.69) is 26.0 Å². The third-order valence-corrected chi connectivity index (χ3v) is 4.15. The van der Waals surface area contributed by atoms with Crippen molar-refractivity contribution in [1.82, 2.24) is 0 Å². The summed E-state index contributed by atoms with van der Waals surface area (Å²) in [4.78, 5) is 11.5. The van der Waals surface area contributed by atoms with E-state index in [0.29, 0.717) is 18.9 Å². The number of hydrogen-bond donors (Lipinski definition) is 1. The second-order valence-electron chi connectivity index (χ2n) is 5.90. The molecule has 0 bridgehead atoms. The first kappa shape index (κ1) is 14.1. The molecule has 1 aliphatic rings. The molecule has 1 aliphatic heterocycles. The molecule has 3 nitrogen and oxygen atoms in total. The molecule has 0 saturated carbocycles. The molecule has 0 aromatic heterocycles. The van der Waals surface area contributed by atoms with E-state index in [4.69, 9.17) is 10.5 Å². The minimum absolute atomic E-state index is 0.152. The first-order valence-electron chi connectivity index (χ1n) is 6.99. The second kappa shape index (κ2) is 5.74. The number of amides is 1. The number of ether oxygens (including phenoxy) is 1. The van der Waals surface area contributed by atoms with Gasteiger partial charge in [0.25, 0.3) is 0 Å². The third-order valence-electron chi connectivity index (χ3n) is 4.15. The van der Waals surface area contributed by atoms with Gasteiger partial charge in [-0.1, -0.05) is 44.2 Å². The van der Waals surface area contributed by atoms with E-state index >= 15 is 0 Å². The van der Waals surface area contributed by atoms with Gasteiger partial charge in [-0.25, -0.2) is 0 Å². The normalized spacial score (nSPS) is 27.4. The molecule has 2 rings (SSSR count). The van der Waals surface area contributed by atoms with Crippen molar-refractivity contribution in [1.29, 1.82) is 0 Å². The van der Waals surface area contributed by atoms with E-state index in [-0.39, 0.29) is 17.4 Å². The van der Waals surface area contributed by atoms with Gasteiger partial charge in [0.1, 0.15) is 0 Å². The zero-order valence-electron chi connectivity index (χ0n) is 11.8. The minimum atomic E-state index is -0.228. The van der Waals surface area contributed by atoms with Crippen LogP contribution in [-0.4, -0.2) is 18.6 Å². The first-order chi connectivity index (χ1) is 9.03. The average molecular weight is 261 g/mol. The molecule has 3 heteroatoms. The van der Waals surface area contributed by atoms with Gasteiger partial charge in [0.15, 0.2) is 0 Å². The molecule has 1 aromatic rings. The molecule has 0 radical (unpaired) electrons. The fraction of sp³-hybridized carbons (Fsp3) is 0.562. The predicted molar refractivity (Wildman–Crippen MR) is 75.7 cm³/mol. The molecule has 1 aromatic carbocycles. The largest absolute Gasteiger partial charge is 0.378 e. The quantitative estimate of drug-likeness (QED) is 0.905. The summed E-state index contributed by atoms with van der Waals surface area (Å²) in [5.74, 6) is 0.226. The van der Waals surface area contributed by atoms with Gasteiger partial charge in [0.2, 0.25) is 5.91 Å². The van der Waals surface area contributed by atoms with E-state index < -0.39 is 0 Å². The Morgan fingerprint density at radius 1 is 1.42 bits per heavy atom. The summed E-state index contributed by atoms with van der Waals surface area (Å²) in [5, 5.41) is 0. The highest BCUT2D eigenvalue weighted by molar-refractivity contribution is 5.75. The van der Waals surface area contributed by atoms with E-state index in [1.807, 2.05) is 18.2 Å². The van der Waals surface area contributed by atoms with E-state index in [9.17, 15) is 4.79 Å². The van der Waals surface area contributed by atoms with Gasteiger partial charge in [-0.15, -0.1) is 0 Å². The Morgan fingerprint density at radius 2 is 2.11 bits per heavy atom. The van der Waals surface area contributed by atoms with Crippen LogP contribution < -0.4 is 5.73 Å². The highest BCUT2D eigenvalue weighted by Crippen LogP contribution is 2.41. The monoisotopic (exact) mass is 261 g/mol. The van der Waals surface area contributed by atoms with Gasteiger partial charge >= 0.3 is 0 Å². The number of rotatable bonds is 4. The Bertz CT molecular complexity index is 430. The number of benzene rings is 1. The fourth-order valence-corrected chi connectivity index (χ4v) is 3.03. The average Bonchev–Trinajstić information content (AvgIpc) is 2.39. The smallest absolute Gasteiger partial charge is 0.218 e. The molecule has 1 fully saturated rings. The van der Waals surface area contributed by atoms with Crippen molar-refractivity contribution in [2.75, 3.05) is 6.61 Å². The van der Waals surface area contributed by atoms with E-state index in [1.165, 1.54) is 5.56 Å². The predicted octanol–water partition coefficient (Wildman–Crippen LogP) is 2.63. The van der Waals surface area contributed by atoms with Crippen molar-refractivity contribution >= 4 is 5.91 Å². The molecular weight excluding hydrogens is 238 g/mol. The molecule has 2 atom stereocenters. The van der Waals surface area contributed by atoms with Crippen molar-refractivity contribution in [3.63, 3.8) is 0 Å². The maximum absolute atomic E-state index is 11.5. The maximum atomic E-state index is 11.5. The molecule has 1 amide bonds. The van der Waals surface area contributed by atoms with Crippen LogP contribution in [0.25, 0.3) is 0 Å². The summed E-state index contributed by atoms with van der Waals surface area (Å²) in [7, 11) is 0. The number of carbonyl (C=O) groups excluding carboxylic acids is 1. The van der Waals surface area contributed by atoms with Gasteiger partial charge in [-0.05, 0) is 24.3 Å². The fourth-order valence-electron chi connectivity index (χ4n) is 3.03. The highest BCUT2D eigenvalue weighted by atomic mass is 16.5. The molecular formula is C16H23NO2. The van der Waals surface area contributed by atoms with Crippen LogP contribution in [0.3, 0.4) is 0 Å². The third kappa shape index (κ3) is 3.16. The Labute approximate surface area is 115 Å². The molecule has 2 N–H and O–H groups in total.